The van der Waals surface area contributed by atoms with Crippen molar-refractivity contribution in [1.82, 2.24) is 25.6 Å². The number of benzene rings is 1. The van der Waals surface area contributed by atoms with Crippen LogP contribution < -0.4 is 10.6 Å². The van der Waals surface area contributed by atoms with Crippen molar-refractivity contribution in [3.8, 4) is 11.3 Å². The van der Waals surface area contributed by atoms with Gasteiger partial charge in [0.15, 0.2) is 0 Å². The number of pyridine rings is 1. The molecule has 2 fully saturated rings. The van der Waals surface area contributed by atoms with Gasteiger partial charge in [-0.2, -0.15) is 0 Å². The Morgan fingerprint density at radius 2 is 1.89 bits per heavy atom. The maximum Gasteiger partial charge on any atom is 0.290 e. The van der Waals surface area contributed by atoms with E-state index in [9.17, 15) is 9.59 Å². The number of hydrogen-bond donors (Lipinski definition) is 2. The first kappa shape index (κ1) is 23.4. The van der Waals surface area contributed by atoms with Gasteiger partial charge in [-0.3, -0.25) is 19.9 Å². The van der Waals surface area contributed by atoms with E-state index in [1.54, 1.807) is 18.3 Å². The molecule has 1 aliphatic heterocycles. The maximum absolute atomic E-state index is 11.8. The summed E-state index contributed by atoms with van der Waals surface area (Å²) in [6.07, 6.45) is 10.6. The first-order valence-corrected chi connectivity index (χ1v) is 12.7. The van der Waals surface area contributed by atoms with Crippen molar-refractivity contribution in [1.29, 1.82) is 0 Å². The highest BCUT2D eigenvalue weighted by Gasteiger charge is 2.25. The number of carbonyl (C=O) groups excluding carboxylic acids is 2. The fraction of sp³-hybridized carbons (Fsp3) is 0.296. The molecule has 1 saturated heterocycles. The molecule has 1 aromatic carbocycles. The van der Waals surface area contributed by atoms with Crippen molar-refractivity contribution < 1.29 is 9.59 Å². The number of aromatic nitrogens is 3. The number of amides is 2. The highest BCUT2D eigenvalue weighted by Crippen LogP contribution is 2.28. The second-order valence-corrected chi connectivity index (χ2v) is 9.98. The van der Waals surface area contributed by atoms with Crippen molar-refractivity contribution in [2.45, 2.75) is 44.7 Å². The lowest BCUT2D eigenvalue weighted by atomic mass is 9.84. The van der Waals surface area contributed by atoms with E-state index in [1.165, 1.54) is 5.56 Å². The van der Waals surface area contributed by atoms with Crippen molar-refractivity contribution in [3.05, 3.63) is 82.9 Å². The third kappa shape index (κ3) is 6.21. The Hall–Kier alpha value is -3.36. The smallest absolute Gasteiger partial charge is 0.290 e. The molecule has 0 atom stereocenters. The van der Waals surface area contributed by atoms with E-state index in [0.717, 1.165) is 67.5 Å². The third-order valence-electron chi connectivity index (χ3n) is 6.45. The van der Waals surface area contributed by atoms with E-state index < -0.39 is 0 Å². The first-order chi connectivity index (χ1) is 17.1. The highest BCUT2D eigenvalue weighted by atomic mass is 32.2. The van der Waals surface area contributed by atoms with Gasteiger partial charge in [0.05, 0.1) is 16.3 Å². The van der Waals surface area contributed by atoms with E-state index in [2.05, 4.69) is 49.9 Å². The molecule has 2 N–H and O–H groups in total. The Labute approximate surface area is 208 Å². The van der Waals surface area contributed by atoms with E-state index >= 15 is 0 Å². The van der Waals surface area contributed by atoms with Crippen LogP contribution in [-0.4, -0.2) is 32.1 Å². The molecule has 3 aromatic rings. The van der Waals surface area contributed by atoms with Gasteiger partial charge < -0.3 is 5.32 Å². The molecule has 35 heavy (non-hydrogen) atoms. The van der Waals surface area contributed by atoms with Gasteiger partial charge >= 0.3 is 0 Å². The minimum atomic E-state index is -0.366. The number of nitrogens with zero attached hydrogens (tertiary/aromatic N) is 3. The van der Waals surface area contributed by atoms with Crippen LogP contribution in [0.3, 0.4) is 0 Å². The maximum atomic E-state index is 11.8. The summed E-state index contributed by atoms with van der Waals surface area (Å²) < 4.78 is 0. The van der Waals surface area contributed by atoms with Gasteiger partial charge in [0.1, 0.15) is 5.82 Å². The molecular weight excluding hydrogens is 458 g/mol. The van der Waals surface area contributed by atoms with Crippen LogP contribution in [0.25, 0.3) is 17.3 Å². The van der Waals surface area contributed by atoms with E-state index in [4.69, 9.17) is 0 Å². The van der Waals surface area contributed by atoms with Gasteiger partial charge in [0.25, 0.3) is 11.1 Å². The van der Waals surface area contributed by atoms with Gasteiger partial charge in [-0.1, -0.05) is 24.3 Å². The van der Waals surface area contributed by atoms with Gasteiger partial charge in [0.2, 0.25) is 0 Å². The summed E-state index contributed by atoms with van der Waals surface area (Å²) in [7, 11) is 0. The van der Waals surface area contributed by atoms with Gasteiger partial charge in [-0.05, 0) is 79.3 Å². The molecule has 0 unspecified atom stereocenters. The lowest BCUT2D eigenvalue weighted by Crippen LogP contribution is -2.33. The summed E-state index contributed by atoms with van der Waals surface area (Å²) in [5, 5.41) is 5.65. The quantitative estimate of drug-likeness (QED) is 0.466. The standard InChI is InChI=1S/C27H27N5O2S/c33-26-24(35-27(34)32-26)16-22-11-13-29-25(31-22)15-18-7-9-21(10-8-18)30-17-19-4-3-5-20(14-19)23-6-1-2-12-28-23/h1-6,11-14,16,18,21,30H,7-10,15,17H2,(H,32,33,34)/b24-16-. The first-order valence-electron chi connectivity index (χ1n) is 11.9. The third-order valence-corrected chi connectivity index (χ3v) is 7.26. The van der Waals surface area contributed by atoms with Crippen LogP contribution in [-0.2, 0) is 17.8 Å². The summed E-state index contributed by atoms with van der Waals surface area (Å²) in [5.41, 5.74) is 4.07. The van der Waals surface area contributed by atoms with Crippen LogP contribution >= 0.6 is 11.8 Å². The number of nitrogens with one attached hydrogen (secondary N) is 2. The average Bonchev–Trinajstić information content (AvgIpc) is 3.20. The number of rotatable bonds is 7. The molecule has 8 heteroatoms. The molecule has 0 spiro atoms. The predicted octanol–water partition coefficient (Wildman–Crippen LogP) is 4.75. The Kier molecular flexibility index (Phi) is 7.30. The van der Waals surface area contributed by atoms with E-state index in [0.29, 0.717) is 22.6 Å². The second kappa shape index (κ2) is 10.9. The molecule has 1 saturated carbocycles. The zero-order valence-electron chi connectivity index (χ0n) is 19.3. The minimum Gasteiger partial charge on any atom is -0.310 e. The molecule has 7 nitrogen and oxygen atoms in total. The number of imide groups is 1. The number of thioether (sulfide) groups is 1. The van der Waals surface area contributed by atoms with Gasteiger partial charge in [0, 0.05) is 37.0 Å². The van der Waals surface area contributed by atoms with E-state index in [-0.39, 0.29) is 11.1 Å². The molecule has 3 heterocycles. The normalized spacial score (nSPS) is 21.3. The minimum absolute atomic E-state index is 0.346. The monoisotopic (exact) mass is 485 g/mol. The van der Waals surface area contributed by atoms with Crippen LogP contribution in [0.2, 0.25) is 0 Å². The lowest BCUT2D eigenvalue weighted by Gasteiger charge is -2.29. The average molecular weight is 486 g/mol. The molecule has 5 rings (SSSR count). The van der Waals surface area contributed by atoms with Crippen molar-refractivity contribution in [2.75, 3.05) is 0 Å². The zero-order valence-corrected chi connectivity index (χ0v) is 20.1. The Bertz CT molecular complexity index is 1240. The van der Waals surface area contributed by atoms with Crippen LogP contribution in [0.1, 0.15) is 42.8 Å². The SMILES string of the molecule is O=C1NC(=O)/C(=C/c2ccnc(CC3CCC(NCc4cccc(-c5ccccn5)c4)CC3)n2)S1. The molecule has 2 amide bonds. The van der Waals surface area contributed by atoms with Crippen molar-refractivity contribution >= 4 is 29.0 Å². The van der Waals surface area contributed by atoms with Crippen LogP contribution in [0.4, 0.5) is 4.79 Å². The van der Waals surface area contributed by atoms with Crippen LogP contribution in [0.15, 0.2) is 65.8 Å². The van der Waals surface area contributed by atoms with E-state index in [1.807, 2.05) is 24.4 Å². The van der Waals surface area contributed by atoms with Crippen LogP contribution in [0, 0.1) is 5.92 Å². The molecule has 0 bridgehead atoms. The molecule has 1 aliphatic carbocycles. The topological polar surface area (TPSA) is 96.9 Å². The molecule has 178 valence electrons. The second-order valence-electron chi connectivity index (χ2n) is 8.97. The molecule has 2 aromatic heterocycles. The molecular formula is C27H27N5O2S. The molecule has 0 radical (unpaired) electrons. The highest BCUT2D eigenvalue weighted by molar-refractivity contribution is 8.18. The van der Waals surface area contributed by atoms with Crippen molar-refractivity contribution in [3.63, 3.8) is 0 Å². The van der Waals surface area contributed by atoms with Gasteiger partial charge in [-0.15, -0.1) is 0 Å². The summed E-state index contributed by atoms with van der Waals surface area (Å²) >= 11 is 0.904. The lowest BCUT2D eigenvalue weighted by molar-refractivity contribution is -0.115. The Morgan fingerprint density at radius 3 is 2.66 bits per heavy atom. The Morgan fingerprint density at radius 1 is 1.00 bits per heavy atom. The number of carbonyl (C=O) groups is 2. The summed E-state index contributed by atoms with van der Waals surface area (Å²) in [6.45, 7) is 0.851. The summed E-state index contributed by atoms with van der Waals surface area (Å²) in [4.78, 5) is 37.0. The fourth-order valence-corrected chi connectivity index (χ4v) is 5.28. The summed E-state index contributed by atoms with van der Waals surface area (Å²) in [6, 6.07) is 16.8. The zero-order chi connectivity index (χ0) is 24.0. The van der Waals surface area contributed by atoms with Gasteiger partial charge in [-0.25, -0.2) is 9.97 Å². The molecule has 2 aliphatic rings. The van der Waals surface area contributed by atoms with Crippen LogP contribution in [0.5, 0.6) is 0 Å². The largest absolute Gasteiger partial charge is 0.310 e. The number of hydrogen-bond acceptors (Lipinski definition) is 7. The predicted molar refractivity (Wildman–Crippen MR) is 137 cm³/mol. The fourth-order valence-electron chi connectivity index (χ4n) is 4.61. The van der Waals surface area contributed by atoms with Crippen molar-refractivity contribution in [2.24, 2.45) is 5.92 Å². The Balaban J connectivity index is 1.11. The summed E-state index contributed by atoms with van der Waals surface area (Å²) in [5.74, 6) is 0.973.